The first-order valence-corrected chi connectivity index (χ1v) is 9.90. The Morgan fingerprint density at radius 1 is 1.17 bits per heavy atom. The van der Waals surface area contributed by atoms with Crippen molar-refractivity contribution in [2.24, 2.45) is 0 Å². The fourth-order valence-electron chi connectivity index (χ4n) is 3.78. The van der Waals surface area contributed by atoms with Crippen LogP contribution in [0, 0.1) is 6.92 Å². The molecule has 1 atom stereocenters. The predicted molar refractivity (Wildman–Crippen MR) is 114 cm³/mol. The highest BCUT2D eigenvalue weighted by Gasteiger charge is 2.32. The van der Waals surface area contributed by atoms with Gasteiger partial charge in [-0.1, -0.05) is 18.2 Å². The second-order valence-electron chi connectivity index (χ2n) is 7.58. The van der Waals surface area contributed by atoms with Crippen molar-refractivity contribution in [2.75, 3.05) is 23.4 Å². The van der Waals surface area contributed by atoms with E-state index in [4.69, 9.17) is 0 Å². The number of anilines is 2. The molecule has 148 valence electrons. The Kier molecular flexibility index (Phi) is 5.25. The minimum Gasteiger partial charge on any atom is -0.344 e. The first-order chi connectivity index (χ1) is 14.0. The Hall–Kier alpha value is -3.28. The number of pyridine rings is 1. The Labute approximate surface area is 171 Å². The predicted octanol–water partition coefficient (Wildman–Crippen LogP) is 3.45. The number of carbonyl (C=O) groups excluding carboxylic acids is 1. The van der Waals surface area contributed by atoms with Gasteiger partial charge in [0.25, 0.3) is 5.91 Å². The van der Waals surface area contributed by atoms with Crippen molar-refractivity contribution >= 4 is 17.5 Å². The molecular formula is C23H25N5O. The van der Waals surface area contributed by atoms with Gasteiger partial charge in [-0.25, -0.2) is 9.97 Å². The van der Waals surface area contributed by atoms with Gasteiger partial charge in [0.1, 0.15) is 5.69 Å². The van der Waals surface area contributed by atoms with Crippen molar-refractivity contribution in [3.8, 4) is 0 Å². The molecule has 0 fully saturated rings. The lowest BCUT2D eigenvalue weighted by molar-refractivity contribution is 0.0976. The molecule has 2 aromatic heterocycles. The van der Waals surface area contributed by atoms with E-state index in [1.807, 2.05) is 54.1 Å². The molecule has 29 heavy (non-hydrogen) atoms. The molecule has 1 unspecified atom stereocenters. The van der Waals surface area contributed by atoms with Crippen LogP contribution < -0.4 is 9.80 Å². The Morgan fingerprint density at radius 3 is 2.72 bits per heavy atom. The van der Waals surface area contributed by atoms with Crippen LogP contribution in [-0.4, -0.2) is 40.5 Å². The van der Waals surface area contributed by atoms with Crippen LogP contribution in [0.25, 0.3) is 0 Å². The van der Waals surface area contributed by atoms with E-state index in [0.29, 0.717) is 11.6 Å². The molecule has 0 saturated carbocycles. The van der Waals surface area contributed by atoms with E-state index in [0.717, 1.165) is 30.8 Å². The van der Waals surface area contributed by atoms with Gasteiger partial charge in [-0.3, -0.25) is 9.78 Å². The Balaban J connectivity index is 1.56. The normalized spacial score (nSPS) is 15.3. The van der Waals surface area contributed by atoms with Gasteiger partial charge in [-0.15, -0.1) is 0 Å². The molecule has 1 aliphatic heterocycles. The molecule has 0 spiro atoms. The van der Waals surface area contributed by atoms with Crippen LogP contribution in [0.5, 0.6) is 0 Å². The molecule has 1 aliphatic rings. The van der Waals surface area contributed by atoms with Crippen molar-refractivity contribution in [3.05, 3.63) is 77.4 Å². The number of aryl methyl sites for hydroxylation is 1. The maximum Gasteiger partial charge on any atom is 0.277 e. The maximum absolute atomic E-state index is 13.3. The molecule has 0 N–H and O–H groups in total. The number of para-hydroxylation sites is 1. The third kappa shape index (κ3) is 3.97. The molecule has 0 aliphatic carbocycles. The number of fused-ring (bicyclic) bond motifs is 1. The molecule has 3 heterocycles. The summed E-state index contributed by atoms with van der Waals surface area (Å²) >= 11 is 0. The smallest absolute Gasteiger partial charge is 0.277 e. The quantitative estimate of drug-likeness (QED) is 0.671. The van der Waals surface area contributed by atoms with Gasteiger partial charge in [0.2, 0.25) is 5.95 Å². The van der Waals surface area contributed by atoms with E-state index < -0.39 is 0 Å². The molecule has 0 bridgehead atoms. The summed E-state index contributed by atoms with van der Waals surface area (Å²) in [5.41, 5.74) is 4.61. The van der Waals surface area contributed by atoms with E-state index in [-0.39, 0.29) is 11.9 Å². The van der Waals surface area contributed by atoms with Crippen LogP contribution >= 0.6 is 0 Å². The van der Waals surface area contributed by atoms with Crippen LogP contribution in [0.4, 0.5) is 11.6 Å². The number of rotatable bonds is 5. The average Bonchev–Trinajstić information content (AvgIpc) is 3.07. The summed E-state index contributed by atoms with van der Waals surface area (Å²) in [6.07, 6.45) is 5.31. The largest absolute Gasteiger partial charge is 0.344 e. The summed E-state index contributed by atoms with van der Waals surface area (Å²) in [7, 11) is 1.96. The third-order valence-electron chi connectivity index (χ3n) is 5.31. The highest BCUT2D eigenvalue weighted by Crippen LogP contribution is 2.33. The topological polar surface area (TPSA) is 62.2 Å². The lowest BCUT2D eigenvalue weighted by atomic mass is 10.1. The SMILES string of the molecule is Cc1cc(C(=O)N2c3ccccc3CC2C)nc(N(C)CCc2ccncc2)n1. The van der Waals surface area contributed by atoms with E-state index in [1.54, 1.807) is 18.5 Å². The summed E-state index contributed by atoms with van der Waals surface area (Å²) in [6.45, 7) is 4.73. The van der Waals surface area contributed by atoms with E-state index in [9.17, 15) is 4.79 Å². The van der Waals surface area contributed by atoms with E-state index in [2.05, 4.69) is 27.9 Å². The van der Waals surface area contributed by atoms with Crippen molar-refractivity contribution < 1.29 is 4.79 Å². The number of aromatic nitrogens is 3. The van der Waals surface area contributed by atoms with Gasteiger partial charge < -0.3 is 9.80 Å². The maximum atomic E-state index is 13.3. The van der Waals surface area contributed by atoms with Crippen LogP contribution in [0.2, 0.25) is 0 Å². The zero-order valence-electron chi connectivity index (χ0n) is 17.0. The molecule has 4 rings (SSSR count). The molecule has 0 radical (unpaired) electrons. The zero-order valence-corrected chi connectivity index (χ0v) is 17.0. The van der Waals surface area contributed by atoms with Gasteiger partial charge >= 0.3 is 0 Å². The number of benzene rings is 1. The van der Waals surface area contributed by atoms with Crippen LogP contribution in [0.1, 0.15) is 34.2 Å². The van der Waals surface area contributed by atoms with Crippen molar-refractivity contribution in [1.82, 2.24) is 15.0 Å². The summed E-state index contributed by atoms with van der Waals surface area (Å²) in [5.74, 6) is 0.499. The van der Waals surface area contributed by atoms with Crippen LogP contribution in [-0.2, 0) is 12.8 Å². The number of hydrogen-bond donors (Lipinski definition) is 0. The standard InChI is InChI=1S/C23H25N5O/c1-16-14-20(22(29)28-17(2)15-19-6-4-5-7-21(19)28)26-23(25-16)27(3)13-10-18-8-11-24-12-9-18/h4-9,11-12,14,17H,10,13,15H2,1-3H3. The van der Waals surface area contributed by atoms with Crippen molar-refractivity contribution in [3.63, 3.8) is 0 Å². The van der Waals surface area contributed by atoms with Crippen LogP contribution in [0.15, 0.2) is 54.9 Å². The molecule has 0 saturated heterocycles. The molecule has 6 nitrogen and oxygen atoms in total. The summed E-state index contributed by atoms with van der Waals surface area (Å²) < 4.78 is 0. The van der Waals surface area contributed by atoms with Gasteiger partial charge in [0, 0.05) is 43.4 Å². The average molecular weight is 387 g/mol. The van der Waals surface area contributed by atoms with Gasteiger partial charge in [0.15, 0.2) is 0 Å². The van der Waals surface area contributed by atoms with Crippen molar-refractivity contribution in [1.29, 1.82) is 0 Å². The zero-order chi connectivity index (χ0) is 20.4. The number of hydrogen-bond acceptors (Lipinski definition) is 5. The Bertz CT molecular complexity index is 1020. The summed E-state index contributed by atoms with van der Waals surface area (Å²) in [6, 6.07) is 14.0. The fraction of sp³-hybridized carbons (Fsp3) is 0.304. The molecular weight excluding hydrogens is 362 g/mol. The lowest BCUT2D eigenvalue weighted by Gasteiger charge is -2.23. The van der Waals surface area contributed by atoms with E-state index >= 15 is 0 Å². The molecule has 1 amide bonds. The molecule has 1 aromatic carbocycles. The minimum atomic E-state index is -0.0725. The second-order valence-corrected chi connectivity index (χ2v) is 7.58. The van der Waals surface area contributed by atoms with Crippen LogP contribution in [0.3, 0.4) is 0 Å². The monoisotopic (exact) mass is 387 g/mol. The van der Waals surface area contributed by atoms with E-state index in [1.165, 1.54) is 11.1 Å². The number of likely N-dealkylation sites (N-methyl/N-ethyl adjacent to an activating group) is 1. The summed E-state index contributed by atoms with van der Waals surface area (Å²) in [5, 5.41) is 0. The second kappa shape index (κ2) is 7.99. The number of carbonyl (C=O) groups is 1. The summed E-state index contributed by atoms with van der Waals surface area (Å²) in [4.78, 5) is 30.4. The van der Waals surface area contributed by atoms with Crippen molar-refractivity contribution in [2.45, 2.75) is 32.7 Å². The minimum absolute atomic E-state index is 0.0725. The van der Waals surface area contributed by atoms with Gasteiger partial charge in [0.05, 0.1) is 0 Å². The van der Waals surface area contributed by atoms with Gasteiger partial charge in [-0.05, 0) is 62.1 Å². The number of amides is 1. The first-order valence-electron chi connectivity index (χ1n) is 9.90. The third-order valence-corrected chi connectivity index (χ3v) is 5.31. The Morgan fingerprint density at radius 2 is 1.93 bits per heavy atom. The highest BCUT2D eigenvalue weighted by molar-refractivity contribution is 6.06. The fourth-order valence-corrected chi connectivity index (χ4v) is 3.78. The molecule has 3 aromatic rings. The number of nitrogens with zero attached hydrogens (tertiary/aromatic N) is 5. The first kappa shape index (κ1) is 19.1. The highest BCUT2D eigenvalue weighted by atomic mass is 16.2. The van der Waals surface area contributed by atoms with Gasteiger partial charge in [-0.2, -0.15) is 0 Å². The molecule has 6 heteroatoms. The lowest BCUT2D eigenvalue weighted by Crippen LogP contribution is -2.36.